The van der Waals surface area contributed by atoms with Crippen molar-refractivity contribution in [1.82, 2.24) is 4.98 Å². The molecule has 1 aliphatic rings. The first-order chi connectivity index (χ1) is 8.72. The van der Waals surface area contributed by atoms with Crippen molar-refractivity contribution < 1.29 is 14.3 Å². The first-order valence-electron chi connectivity index (χ1n) is 5.84. The number of carbonyl (C=O) groups excluding carboxylic acids is 1. The highest BCUT2D eigenvalue weighted by Gasteiger charge is 2.23. The SMILES string of the molecule is CCOC(=O)c1cnccc1N1CCOC(Cl)C1. The zero-order chi connectivity index (χ0) is 13.0. The van der Waals surface area contributed by atoms with Crippen LogP contribution in [0.15, 0.2) is 18.5 Å². The van der Waals surface area contributed by atoms with Crippen LogP contribution in [0.3, 0.4) is 0 Å². The van der Waals surface area contributed by atoms with E-state index in [9.17, 15) is 4.79 Å². The Morgan fingerprint density at radius 3 is 3.28 bits per heavy atom. The highest BCUT2D eigenvalue weighted by atomic mass is 35.5. The van der Waals surface area contributed by atoms with Crippen LogP contribution >= 0.6 is 11.6 Å². The van der Waals surface area contributed by atoms with Crippen molar-refractivity contribution in [2.45, 2.75) is 12.5 Å². The molecular formula is C12H15ClN2O3. The Morgan fingerprint density at radius 1 is 1.72 bits per heavy atom. The largest absolute Gasteiger partial charge is 0.462 e. The fourth-order valence-corrected chi connectivity index (χ4v) is 2.11. The van der Waals surface area contributed by atoms with E-state index in [4.69, 9.17) is 21.1 Å². The standard InChI is InChI=1S/C12H15ClN2O3/c1-2-17-12(16)9-7-14-4-3-10(9)15-5-6-18-11(13)8-15/h3-4,7,11H,2,5-6,8H2,1H3. The van der Waals surface area contributed by atoms with Gasteiger partial charge in [0.25, 0.3) is 0 Å². The Bertz CT molecular complexity index is 428. The van der Waals surface area contributed by atoms with Crippen molar-refractivity contribution in [3.05, 3.63) is 24.0 Å². The lowest BCUT2D eigenvalue weighted by molar-refractivity contribution is 0.0525. The molecule has 0 bridgehead atoms. The van der Waals surface area contributed by atoms with E-state index in [-0.39, 0.29) is 11.5 Å². The Labute approximate surface area is 111 Å². The number of esters is 1. The summed E-state index contributed by atoms with van der Waals surface area (Å²) in [7, 11) is 0. The Morgan fingerprint density at radius 2 is 2.56 bits per heavy atom. The second-order valence-corrected chi connectivity index (χ2v) is 4.33. The first-order valence-corrected chi connectivity index (χ1v) is 6.27. The van der Waals surface area contributed by atoms with Gasteiger partial charge in [-0.3, -0.25) is 4.98 Å². The molecule has 1 unspecified atom stereocenters. The number of alkyl halides is 1. The molecule has 2 rings (SSSR count). The molecule has 0 spiro atoms. The molecule has 5 nitrogen and oxygen atoms in total. The van der Waals surface area contributed by atoms with Crippen molar-refractivity contribution in [3.63, 3.8) is 0 Å². The number of rotatable bonds is 3. The van der Waals surface area contributed by atoms with E-state index in [0.717, 1.165) is 5.69 Å². The minimum absolute atomic E-state index is 0.342. The molecule has 1 aromatic heterocycles. The van der Waals surface area contributed by atoms with Gasteiger partial charge in [0.15, 0.2) is 0 Å². The van der Waals surface area contributed by atoms with Gasteiger partial charge in [-0.05, 0) is 13.0 Å². The maximum Gasteiger partial charge on any atom is 0.341 e. The van der Waals surface area contributed by atoms with Crippen LogP contribution in [0.2, 0.25) is 0 Å². The Balaban J connectivity index is 2.23. The van der Waals surface area contributed by atoms with Gasteiger partial charge in [0.2, 0.25) is 0 Å². The normalized spacial score (nSPS) is 19.7. The fourth-order valence-electron chi connectivity index (χ4n) is 1.86. The highest BCUT2D eigenvalue weighted by Crippen LogP contribution is 2.23. The third-order valence-corrected chi connectivity index (χ3v) is 2.92. The van der Waals surface area contributed by atoms with Crippen molar-refractivity contribution in [1.29, 1.82) is 0 Å². The molecule has 98 valence electrons. The smallest absolute Gasteiger partial charge is 0.341 e. The van der Waals surface area contributed by atoms with Crippen LogP contribution in [-0.2, 0) is 9.47 Å². The number of aromatic nitrogens is 1. The Kier molecular flexibility index (Phi) is 4.38. The van der Waals surface area contributed by atoms with E-state index < -0.39 is 0 Å². The number of hydrogen-bond acceptors (Lipinski definition) is 5. The van der Waals surface area contributed by atoms with E-state index in [1.165, 1.54) is 6.20 Å². The molecule has 18 heavy (non-hydrogen) atoms. The van der Waals surface area contributed by atoms with Crippen molar-refractivity contribution in [2.24, 2.45) is 0 Å². The molecule has 1 aromatic rings. The number of ether oxygens (including phenoxy) is 2. The van der Waals surface area contributed by atoms with Crippen LogP contribution in [0.5, 0.6) is 0 Å². The molecule has 0 amide bonds. The molecule has 0 N–H and O–H groups in total. The van der Waals surface area contributed by atoms with Crippen LogP contribution < -0.4 is 4.90 Å². The molecule has 0 saturated carbocycles. The summed E-state index contributed by atoms with van der Waals surface area (Å²) in [6.07, 6.45) is 3.17. The number of hydrogen-bond donors (Lipinski definition) is 0. The number of carbonyl (C=O) groups is 1. The minimum Gasteiger partial charge on any atom is -0.462 e. The van der Waals surface area contributed by atoms with Crippen molar-refractivity contribution in [2.75, 3.05) is 31.2 Å². The number of anilines is 1. The average Bonchev–Trinajstić information content (AvgIpc) is 2.39. The summed E-state index contributed by atoms with van der Waals surface area (Å²) in [6, 6.07) is 1.79. The molecule has 2 heterocycles. The maximum atomic E-state index is 11.8. The van der Waals surface area contributed by atoms with Crippen molar-refractivity contribution >= 4 is 23.3 Å². The third-order valence-electron chi connectivity index (χ3n) is 2.66. The van der Waals surface area contributed by atoms with Crippen molar-refractivity contribution in [3.8, 4) is 0 Å². The number of morpholine rings is 1. The summed E-state index contributed by atoms with van der Waals surface area (Å²) >= 11 is 5.96. The van der Waals surface area contributed by atoms with E-state index in [0.29, 0.717) is 31.9 Å². The second kappa shape index (κ2) is 6.02. The van der Waals surface area contributed by atoms with Gasteiger partial charge in [-0.2, -0.15) is 0 Å². The summed E-state index contributed by atoms with van der Waals surface area (Å²) in [5.74, 6) is -0.363. The zero-order valence-corrected chi connectivity index (χ0v) is 10.9. The first kappa shape index (κ1) is 13.1. The summed E-state index contributed by atoms with van der Waals surface area (Å²) < 4.78 is 10.3. The van der Waals surface area contributed by atoms with Gasteiger partial charge in [0, 0.05) is 18.9 Å². The molecule has 6 heteroatoms. The predicted molar refractivity (Wildman–Crippen MR) is 68.0 cm³/mol. The lowest BCUT2D eigenvalue weighted by Crippen LogP contribution is -2.40. The van der Waals surface area contributed by atoms with Crippen LogP contribution in [-0.4, -0.2) is 42.8 Å². The van der Waals surface area contributed by atoms with E-state index in [2.05, 4.69) is 4.98 Å². The third kappa shape index (κ3) is 2.91. The maximum absolute atomic E-state index is 11.8. The molecule has 0 aliphatic carbocycles. The van der Waals surface area contributed by atoms with E-state index in [1.54, 1.807) is 19.2 Å². The van der Waals surface area contributed by atoms with Gasteiger partial charge in [0.05, 0.1) is 25.4 Å². The van der Waals surface area contributed by atoms with Gasteiger partial charge in [0.1, 0.15) is 11.1 Å². The molecule has 1 saturated heterocycles. The molecular weight excluding hydrogens is 256 g/mol. The molecule has 0 aromatic carbocycles. The highest BCUT2D eigenvalue weighted by molar-refractivity contribution is 6.20. The summed E-state index contributed by atoms with van der Waals surface area (Å²) in [5.41, 5.74) is 0.893. The quantitative estimate of drug-likeness (QED) is 0.618. The van der Waals surface area contributed by atoms with Crippen LogP contribution in [0.1, 0.15) is 17.3 Å². The number of pyridine rings is 1. The molecule has 0 radical (unpaired) electrons. The van der Waals surface area contributed by atoms with Gasteiger partial charge >= 0.3 is 5.97 Å². The van der Waals surface area contributed by atoms with Gasteiger partial charge in [-0.1, -0.05) is 11.6 Å². The number of halogens is 1. The van der Waals surface area contributed by atoms with Gasteiger partial charge in [-0.25, -0.2) is 4.79 Å². The van der Waals surface area contributed by atoms with Crippen LogP contribution in [0, 0.1) is 0 Å². The molecule has 1 aliphatic heterocycles. The zero-order valence-electron chi connectivity index (χ0n) is 10.1. The Hall–Kier alpha value is -1.33. The summed E-state index contributed by atoms with van der Waals surface area (Å²) in [5, 5.41) is 0. The monoisotopic (exact) mass is 270 g/mol. The fraction of sp³-hybridized carbons (Fsp3) is 0.500. The van der Waals surface area contributed by atoms with Gasteiger partial charge in [-0.15, -0.1) is 0 Å². The minimum atomic E-state index is -0.363. The van der Waals surface area contributed by atoms with E-state index in [1.807, 2.05) is 4.90 Å². The second-order valence-electron chi connectivity index (χ2n) is 3.84. The summed E-state index contributed by atoms with van der Waals surface area (Å²) in [6.45, 7) is 3.89. The van der Waals surface area contributed by atoms with E-state index >= 15 is 0 Å². The molecule has 1 fully saturated rings. The topological polar surface area (TPSA) is 51.7 Å². The van der Waals surface area contributed by atoms with Crippen LogP contribution in [0.25, 0.3) is 0 Å². The predicted octanol–water partition coefficient (Wildman–Crippen LogP) is 1.66. The average molecular weight is 271 g/mol. The molecule has 1 atom stereocenters. The number of nitrogens with zero attached hydrogens (tertiary/aromatic N) is 2. The lowest BCUT2D eigenvalue weighted by atomic mass is 10.2. The van der Waals surface area contributed by atoms with Crippen LogP contribution in [0.4, 0.5) is 5.69 Å². The lowest BCUT2D eigenvalue weighted by Gasteiger charge is -2.32. The van der Waals surface area contributed by atoms with Gasteiger partial charge < -0.3 is 14.4 Å². The summed E-state index contributed by atoms with van der Waals surface area (Å²) in [4.78, 5) is 17.8.